The molecular weight excluding hydrogens is 250 g/mol. The Labute approximate surface area is 114 Å². The molecule has 1 fully saturated rings. The van der Waals surface area contributed by atoms with Gasteiger partial charge in [-0.2, -0.15) is 0 Å². The Morgan fingerprint density at radius 3 is 2.56 bits per heavy atom. The van der Waals surface area contributed by atoms with E-state index in [0.29, 0.717) is 12.7 Å². The first-order valence-electron chi connectivity index (χ1n) is 6.50. The molecule has 1 aliphatic carbocycles. The van der Waals surface area contributed by atoms with Gasteiger partial charge in [0.05, 0.1) is 0 Å². The normalized spacial score (nSPS) is 20.3. The summed E-state index contributed by atoms with van der Waals surface area (Å²) in [6.45, 7) is 0.331. The third kappa shape index (κ3) is 2.57. The van der Waals surface area contributed by atoms with Crippen molar-refractivity contribution < 1.29 is 9.47 Å². The summed E-state index contributed by atoms with van der Waals surface area (Å²) >= 11 is 0. The van der Waals surface area contributed by atoms with E-state index < -0.39 is 0 Å². The molecule has 0 unspecified atom stereocenters. The second-order valence-corrected chi connectivity index (χ2v) is 5.04. The van der Waals surface area contributed by atoms with Gasteiger partial charge in [-0.25, -0.2) is 0 Å². The van der Waals surface area contributed by atoms with Crippen molar-refractivity contribution in [3.63, 3.8) is 0 Å². The average molecular weight is 270 g/mol. The van der Waals surface area contributed by atoms with E-state index in [0.717, 1.165) is 11.5 Å². The molecule has 1 heterocycles. The van der Waals surface area contributed by atoms with E-state index in [1.165, 1.54) is 37.7 Å². The van der Waals surface area contributed by atoms with Crippen LogP contribution in [0.1, 0.15) is 43.7 Å². The summed E-state index contributed by atoms with van der Waals surface area (Å²) in [5.41, 5.74) is 7.55. The number of fused-ring (bicyclic) bond motifs is 1. The lowest BCUT2D eigenvalue weighted by atomic mass is 9.81. The van der Waals surface area contributed by atoms with Crippen molar-refractivity contribution in [2.24, 2.45) is 11.7 Å². The molecule has 0 radical (unpaired) electrons. The summed E-state index contributed by atoms with van der Waals surface area (Å²) in [5.74, 6) is 2.31. The fourth-order valence-electron chi connectivity index (χ4n) is 2.89. The van der Waals surface area contributed by atoms with Gasteiger partial charge in [0.15, 0.2) is 11.5 Å². The molecule has 1 saturated carbocycles. The molecule has 3 nitrogen and oxygen atoms in total. The minimum Gasteiger partial charge on any atom is -0.454 e. The molecule has 0 aromatic heterocycles. The second kappa shape index (κ2) is 5.81. The Bertz CT molecular complexity index is 405. The Balaban J connectivity index is 0.00000120. The predicted octanol–water partition coefficient (Wildman–Crippen LogP) is 3.42. The molecule has 2 N–H and O–H groups in total. The SMILES string of the molecule is Cl.N[C@@H](c1ccc2c(c1)OCO2)C1CCCCC1. The molecule has 0 bridgehead atoms. The Kier molecular flexibility index (Phi) is 4.36. The first-order valence-corrected chi connectivity index (χ1v) is 6.50. The van der Waals surface area contributed by atoms with Crippen LogP contribution in [0.3, 0.4) is 0 Å². The molecule has 1 aromatic carbocycles. The number of rotatable bonds is 2. The minimum atomic E-state index is 0. The van der Waals surface area contributed by atoms with Crippen LogP contribution in [0.5, 0.6) is 11.5 Å². The lowest BCUT2D eigenvalue weighted by Gasteiger charge is -2.27. The van der Waals surface area contributed by atoms with Gasteiger partial charge in [-0.3, -0.25) is 0 Å². The van der Waals surface area contributed by atoms with Gasteiger partial charge < -0.3 is 15.2 Å². The van der Waals surface area contributed by atoms with Crippen LogP contribution in [0.25, 0.3) is 0 Å². The smallest absolute Gasteiger partial charge is 0.231 e. The van der Waals surface area contributed by atoms with E-state index in [1.54, 1.807) is 0 Å². The molecule has 100 valence electrons. The van der Waals surface area contributed by atoms with Crippen LogP contribution in [0.15, 0.2) is 18.2 Å². The fourth-order valence-corrected chi connectivity index (χ4v) is 2.89. The van der Waals surface area contributed by atoms with E-state index in [1.807, 2.05) is 12.1 Å². The molecule has 0 spiro atoms. The molecule has 1 aliphatic heterocycles. The van der Waals surface area contributed by atoms with Gasteiger partial charge in [-0.15, -0.1) is 12.4 Å². The highest BCUT2D eigenvalue weighted by atomic mass is 35.5. The maximum atomic E-state index is 6.37. The van der Waals surface area contributed by atoms with Gasteiger partial charge in [0, 0.05) is 6.04 Å². The zero-order valence-corrected chi connectivity index (χ0v) is 11.2. The first-order chi connectivity index (χ1) is 8.34. The average Bonchev–Trinajstić information content (AvgIpc) is 2.86. The third-order valence-corrected chi connectivity index (χ3v) is 3.94. The number of hydrogen-bond acceptors (Lipinski definition) is 3. The van der Waals surface area contributed by atoms with Crippen LogP contribution in [-0.4, -0.2) is 6.79 Å². The summed E-state index contributed by atoms with van der Waals surface area (Å²) in [6, 6.07) is 6.24. The third-order valence-electron chi connectivity index (χ3n) is 3.94. The van der Waals surface area contributed by atoms with Crippen LogP contribution < -0.4 is 15.2 Å². The van der Waals surface area contributed by atoms with E-state index >= 15 is 0 Å². The first kappa shape index (κ1) is 13.5. The molecule has 0 amide bonds. The summed E-state index contributed by atoms with van der Waals surface area (Å²) in [7, 11) is 0. The van der Waals surface area contributed by atoms with Crippen LogP contribution in [0.4, 0.5) is 0 Å². The van der Waals surface area contributed by atoms with E-state index in [9.17, 15) is 0 Å². The topological polar surface area (TPSA) is 44.5 Å². The van der Waals surface area contributed by atoms with E-state index in [4.69, 9.17) is 15.2 Å². The van der Waals surface area contributed by atoms with Crippen LogP contribution in [0.2, 0.25) is 0 Å². The van der Waals surface area contributed by atoms with Crippen molar-refractivity contribution in [2.75, 3.05) is 6.79 Å². The van der Waals surface area contributed by atoms with Crippen molar-refractivity contribution in [1.82, 2.24) is 0 Å². The number of benzene rings is 1. The van der Waals surface area contributed by atoms with Crippen LogP contribution in [-0.2, 0) is 0 Å². The van der Waals surface area contributed by atoms with E-state index in [2.05, 4.69) is 6.07 Å². The summed E-state index contributed by atoms with van der Waals surface area (Å²) in [4.78, 5) is 0. The Morgan fingerprint density at radius 2 is 1.78 bits per heavy atom. The van der Waals surface area contributed by atoms with Gasteiger partial charge in [0.25, 0.3) is 0 Å². The quantitative estimate of drug-likeness (QED) is 0.895. The molecule has 1 atom stereocenters. The number of nitrogens with two attached hydrogens (primary N) is 1. The van der Waals surface area contributed by atoms with Gasteiger partial charge >= 0.3 is 0 Å². The van der Waals surface area contributed by atoms with E-state index in [-0.39, 0.29) is 18.4 Å². The van der Waals surface area contributed by atoms with Crippen LogP contribution in [0, 0.1) is 5.92 Å². The van der Waals surface area contributed by atoms with Crippen LogP contribution >= 0.6 is 12.4 Å². The monoisotopic (exact) mass is 269 g/mol. The van der Waals surface area contributed by atoms with Gasteiger partial charge in [-0.05, 0) is 36.5 Å². The molecule has 2 aliphatic rings. The second-order valence-electron chi connectivity index (χ2n) is 5.04. The predicted molar refractivity (Wildman–Crippen MR) is 73.3 cm³/mol. The van der Waals surface area contributed by atoms with Gasteiger partial charge in [0.2, 0.25) is 6.79 Å². The standard InChI is InChI=1S/C14H19NO2.ClH/c15-14(10-4-2-1-3-5-10)11-6-7-12-13(8-11)17-9-16-12;/h6-8,10,14H,1-5,9,15H2;1H/t14-;/m1./s1. The number of halogens is 1. The highest BCUT2D eigenvalue weighted by Gasteiger charge is 2.23. The molecular formula is C14H20ClNO2. The van der Waals surface area contributed by atoms with Gasteiger partial charge in [-0.1, -0.05) is 25.3 Å². The van der Waals surface area contributed by atoms with Crippen molar-refractivity contribution in [2.45, 2.75) is 38.1 Å². The maximum absolute atomic E-state index is 6.37. The minimum absolute atomic E-state index is 0. The molecule has 1 aromatic rings. The number of hydrogen-bond donors (Lipinski definition) is 1. The number of ether oxygens (including phenoxy) is 2. The maximum Gasteiger partial charge on any atom is 0.231 e. The zero-order chi connectivity index (χ0) is 11.7. The lowest BCUT2D eigenvalue weighted by molar-refractivity contribution is 0.174. The van der Waals surface area contributed by atoms with Crippen molar-refractivity contribution >= 4 is 12.4 Å². The molecule has 0 saturated heterocycles. The summed E-state index contributed by atoms with van der Waals surface area (Å²) in [5, 5.41) is 0. The fraction of sp³-hybridized carbons (Fsp3) is 0.571. The lowest BCUT2D eigenvalue weighted by Crippen LogP contribution is -2.23. The summed E-state index contributed by atoms with van der Waals surface area (Å²) in [6.07, 6.45) is 6.53. The van der Waals surface area contributed by atoms with Gasteiger partial charge in [0.1, 0.15) is 0 Å². The zero-order valence-electron chi connectivity index (χ0n) is 10.4. The summed E-state index contributed by atoms with van der Waals surface area (Å²) < 4.78 is 10.7. The molecule has 4 heteroatoms. The molecule has 3 rings (SSSR count). The highest BCUT2D eigenvalue weighted by molar-refractivity contribution is 5.85. The largest absolute Gasteiger partial charge is 0.454 e. The Hall–Kier alpha value is -0.930. The van der Waals surface area contributed by atoms with Crippen molar-refractivity contribution in [1.29, 1.82) is 0 Å². The Morgan fingerprint density at radius 1 is 1.06 bits per heavy atom. The van der Waals surface area contributed by atoms with Crippen molar-refractivity contribution in [3.8, 4) is 11.5 Å². The van der Waals surface area contributed by atoms with Crippen molar-refractivity contribution in [3.05, 3.63) is 23.8 Å². The molecule has 18 heavy (non-hydrogen) atoms. The highest BCUT2D eigenvalue weighted by Crippen LogP contribution is 2.38.